The number of nitrogens with one attached hydrogen (secondary N) is 1. The van der Waals surface area contributed by atoms with E-state index in [9.17, 15) is 0 Å². The SMILES string of the molecule is COC(O)[C@@H]1C=CCN1. The molecule has 3 nitrogen and oxygen atoms in total. The minimum atomic E-state index is -0.705. The van der Waals surface area contributed by atoms with Gasteiger partial charge in [0.05, 0.1) is 6.04 Å². The van der Waals surface area contributed by atoms with E-state index in [2.05, 4.69) is 10.1 Å². The van der Waals surface area contributed by atoms with Crippen molar-refractivity contribution in [1.29, 1.82) is 0 Å². The van der Waals surface area contributed by atoms with Crippen molar-refractivity contribution in [2.24, 2.45) is 0 Å². The van der Waals surface area contributed by atoms with Crippen LogP contribution < -0.4 is 5.32 Å². The minimum Gasteiger partial charge on any atom is -0.366 e. The zero-order valence-electron chi connectivity index (χ0n) is 5.37. The summed E-state index contributed by atoms with van der Waals surface area (Å²) in [5.74, 6) is 0. The van der Waals surface area contributed by atoms with Gasteiger partial charge in [0.1, 0.15) is 0 Å². The maximum absolute atomic E-state index is 9.02. The molecule has 0 saturated heterocycles. The van der Waals surface area contributed by atoms with E-state index in [1.807, 2.05) is 12.2 Å². The Balaban J connectivity index is 2.33. The normalized spacial score (nSPS) is 28.9. The number of methoxy groups -OCH3 is 1. The number of hydrogen-bond acceptors (Lipinski definition) is 3. The molecule has 1 rings (SSSR count). The van der Waals surface area contributed by atoms with E-state index in [0.29, 0.717) is 0 Å². The molecule has 0 aliphatic carbocycles. The molecule has 0 aromatic heterocycles. The molecule has 0 aromatic carbocycles. The van der Waals surface area contributed by atoms with Gasteiger partial charge in [-0.05, 0) is 0 Å². The van der Waals surface area contributed by atoms with Gasteiger partial charge in [0.25, 0.3) is 0 Å². The Morgan fingerprint density at radius 2 is 2.67 bits per heavy atom. The van der Waals surface area contributed by atoms with Gasteiger partial charge in [0, 0.05) is 13.7 Å². The predicted molar refractivity (Wildman–Crippen MR) is 33.9 cm³/mol. The fourth-order valence-corrected chi connectivity index (χ4v) is 0.829. The highest BCUT2D eigenvalue weighted by molar-refractivity contribution is 5.03. The second kappa shape index (κ2) is 2.96. The van der Waals surface area contributed by atoms with Crippen molar-refractivity contribution in [3.8, 4) is 0 Å². The number of ether oxygens (including phenoxy) is 1. The Hall–Kier alpha value is -0.380. The first kappa shape index (κ1) is 6.74. The summed E-state index contributed by atoms with van der Waals surface area (Å²) < 4.78 is 4.68. The predicted octanol–water partition coefficient (Wildman–Crippen LogP) is -0.521. The number of aliphatic hydroxyl groups is 1. The molecule has 52 valence electrons. The molecule has 0 aromatic rings. The molecule has 0 amide bonds. The summed E-state index contributed by atoms with van der Waals surface area (Å²) in [5.41, 5.74) is 0. The standard InChI is InChI=1S/C6H11NO2/c1-9-6(8)5-3-2-4-7-5/h2-3,5-8H,4H2,1H3/t5-,6?/m0/s1. The monoisotopic (exact) mass is 129 g/mol. The molecule has 0 fully saturated rings. The third kappa shape index (κ3) is 1.51. The third-order valence-electron chi connectivity index (χ3n) is 1.36. The average molecular weight is 129 g/mol. The Labute approximate surface area is 54.3 Å². The van der Waals surface area contributed by atoms with Crippen LogP contribution in [0, 0.1) is 0 Å². The van der Waals surface area contributed by atoms with E-state index >= 15 is 0 Å². The van der Waals surface area contributed by atoms with Crippen LogP contribution in [0.15, 0.2) is 12.2 Å². The highest BCUT2D eigenvalue weighted by Crippen LogP contribution is 2.00. The van der Waals surface area contributed by atoms with Gasteiger partial charge in [-0.1, -0.05) is 12.2 Å². The summed E-state index contributed by atoms with van der Waals surface area (Å²) in [6.07, 6.45) is 3.16. The van der Waals surface area contributed by atoms with Crippen molar-refractivity contribution < 1.29 is 9.84 Å². The molecule has 0 bridgehead atoms. The van der Waals surface area contributed by atoms with Gasteiger partial charge in [0.2, 0.25) is 0 Å². The van der Waals surface area contributed by atoms with Crippen LogP contribution in [0.1, 0.15) is 0 Å². The van der Waals surface area contributed by atoms with E-state index in [1.54, 1.807) is 0 Å². The lowest BCUT2D eigenvalue weighted by atomic mass is 10.3. The lowest BCUT2D eigenvalue weighted by Gasteiger charge is -2.14. The van der Waals surface area contributed by atoms with E-state index in [-0.39, 0.29) is 6.04 Å². The molecular formula is C6H11NO2. The van der Waals surface area contributed by atoms with Gasteiger partial charge in [0.15, 0.2) is 6.29 Å². The van der Waals surface area contributed by atoms with Gasteiger partial charge in [-0.2, -0.15) is 0 Å². The van der Waals surface area contributed by atoms with Crippen LogP contribution in [0.5, 0.6) is 0 Å². The number of rotatable bonds is 2. The van der Waals surface area contributed by atoms with Crippen LogP contribution >= 0.6 is 0 Å². The molecule has 1 unspecified atom stereocenters. The van der Waals surface area contributed by atoms with Crippen molar-refractivity contribution in [3.63, 3.8) is 0 Å². The average Bonchev–Trinajstić information content (AvgIpc) is 2.37. The van der Waals surface area contributed by atoms with Crippen LogP contribution in [0.3, 0.4) is 0 Å². The summed E-state index contributed by atoms with van der Waals surface area (Å²) in [4.78, 5) is 0. The Morgan fingerprint density at radius 1 is 1.89 bits per heavy atom. The number of hydrogen-bond donors (Lipinski definition) is 2. The van der Waals surface area contributed by atoms with Crippen LogP contribution in [0.25, 0.3) is 0 Å². The zero-order valence-corrected chi connectivity index (χ0v) is 5.37. The molecule has 1 aliphatic heterocycles. The summed E-state index contributed by atoms with van der Waals surface area (Å²) in [7, 11) is 1.48. The molecule has 9 heavy (non-hydrogen) atoms. The van der Waals surface area contributed by atoms with Gasteiger partial charge < -0.3 is 15.2 Å². The van der Waals surface area contributed by atoms with Crippen molar-refractivity contribution >= 4 is 0 Å². The highest BCUT2D eigenvalue weighted by Gasteiger charge is 2.16. The van der Waals surface area contributed by atoms with Gasteiger partial charge in [-0.25, -0.2) is 0 Å². The van der Waals surface area contributed by atoms with Gasteiger partial charge in [-0.3, -0.25) is 0 Å². The van der Waals surface area contributed by atoms with Crippen LogP contribution in [-0.2, 0) is 4.74 Å². The molecule has 1 aliphatic rings. The zero-order chi connectivity index (χ0) is 6.69. The first-order valence-electron chi connectivity index (χ1n) is 2.95. The quantitative estimate of drug-likeness (QED) is 0.389. The first-order chi connectivity index (χ1) is 4.34. The van der Waals surface area contributed by atoms with Gasteiger partial charge >= 0.3 is 0 Å². The highest BCUT2D eigenvalue weighted by atomic mass is 16.6. The summed E-state index contributed by atoms with van der Waals surface area (Å²) >= 11 is 0. The van der Waals surface area contributed by atoms with E-state index in [1.165, 1.54) is 7.11 Å². The molecule has 2 atom stereocenters. The van der Waals surface area contributed by atoms with Crippen LogP contribution in [-0.4, -0.2) is 31.1 Å². The largest absolute Gasteiger partial charge is 0.366 e. The van der Waals surface area contributed by atoms with Crippen molar-refractivity contribution in [1.82, 2.24) is 5.32 Å². The molecule has 0 spiro atoms. The smallest absolute Gasteiger partial charge is 0.173 e. The lowest BCUT2D eigenvalue weighted by Crippen LogP contribution is -2.35. The first-order valence-corrected chi connectivity index (χ1v) is 2.95. The van der Waals surface area contributed by atoms with Crippen LogP contribution in [0.2, 0.25) is 0 Å². The van der Waals surface area contributed by atoms with E-state index in [4.69, 9.17) is 5.11 Å². The van der Waals surface area contributed by atoms with Crippen molar-refractivity contribution in [3.05, 3.63) is 12.2 Å². The fourth-order valence-electron chi connectivity index (χ4n) is 0.829. The van der Waals surface area contributed by atoms with Gasteiger partial charge in [-0.15, -0.1) is 0 Å². The van der Waals surface area contributed by atoms with Crippen molar-refractivity contribution in [2.75, 3.05) is 13.7 Å². The fraction of sp³-hybridized carbons (Fsp3) is 0.667. The molecule has 0 radical (unpaired) electrons. The Bertz CT molecular complexity index is 114. The summed E-state index contributed by atoms with van der Waals surface area (Å²) in [5, 5.41) is 12.0. The van der Waals surface area contributed by atoms with Crippen molar-refractivity contribution in [2.45, 2.75) is 12.3 Å². The maximum atomic E-state index is 9.02. The topological polar surface area (TPSA) is 41.5 Å². The third-order valence-corrected chi connectivity index (χ3v) is 1.36. The molecule has 2 N–H and O–H groups in total. The Kier molecular flexibility index (Phi) is 2.22. The summed E-state index contributed by atoms with van der Waals surface area (Å²) in [6, 6.07) is -0.0185. The second-order valence-corrected chi connectivity index (χ2v) is 1.99. The van der Waals surface area contributed by atoms with Crippen LogP contribution in [0.4, 0.5) is 0 Å². The summed E-state index contributed by atoms with van der Waals surface area (Å²) in [6.45, 7) is 0.824. The molecular weight excluding hydrogens is 118 g/mol. The lowest BCUT2D eigenvalue weighted by molar-refractivity contribution is -0.0850. The second-order valence-electron chi connectivity index (χ2n) is 1.99. The number of aliphatic hydroxyl groups excluding tert-OH is 1. The van der Waals surface area contributed by atoms with E-state index < -0.39 is 6.29 Å². The molecule has 0 saturated carbocycles. The molecule has 1 heterocycles. The minimum absolute atomic E-state index is 0.0185. The maximum Gasteiger partial charge on any atom is 0.173 e. The molecule has 3 heteroatoms. The van der Waals surface area contributed by atoms with E-state index in [0.717, 1.165) is 6.54 Å². The Morgan fingerprint density at radius 3 is 3.11 bits per heavy atom.